The fourth-order valence-corrected chi connectivity index (χ4v) is 1.88. The zero-order valence-electron chi connectivity index (χ0n) is 8.60. The van der Waals surface area contributed by atoms with Gasteiger partial charge in [-0.2, -0.15) is 8.42 Å². The molecule has 0 aliphatic carbocycles. The van der Waals surface area contributed by atoms with Crippen LogP contribution in [0.25, 0.3) is 0 Å². The molecule has 1 fully saturated rings. The van der Waals surface area contributed by atoms with Crippen LogP contribution in [-0.4, -0.2) is 31.6 Å². The van der Waals surface area contributed by atoms with E-state index < -0.39 is 27.9 Å². The zero-order chi connectivity index (χ0) is 11.6. The lowest BCUT2D eigenvalue weighted by atomic mass is 10.0. The molecule has 0 aromatic carbocycles. The highest BCUT2D eigenvalue weighted by Crippen LogP contribution is 2.24. The summed E-state index contributed by atoms with van der Waals surface area (Å²) < 4.78 is 25.9. The summed E-state index contributed by atoms with van der Waals surface area (Å²) in [6.07, 6.45) is 2.15. The third kappa shape index (κ3) is 3.00. The van der Waals surface area contributed by atoms with Crippen LogP contribution in [0.15, 0.2) is 0 Å². The molecule has 6 nitrogen and oxygen atoms in total. The Kier molecular flexibility index (Phi) is 3.46. The van der Waals surface area contributed by atoms with Crippen LogP contribution in [0.5, 0.6) is 0 Å². The predicted molar refractivity (Wildman–Crippen MR) is 50.8 cm³/mol. The SMILES string of the molecule is CCCC1CC(=O)N(OS(C)(=O)=O)C1=O. The first-order valence-electron chi connectivity index (χ1n) is 4.61. The van der Waals surface area contributed by atoms with Crippen molar-refractivity contribution >= 4 is 21.9 Å². The second-order valence-corrected chi connectivity index (χ2v) is 5.05. The van der Waals surface area contributed by atoms with Gasteiger partial charge in [0.1, 0.15) is 0 Å². The van der Waals surface area contributed by atoms with Gasteiger partial charge in [0.05, 0.1) is 6.26 Å². The van der Waals surface area contributed by atoms with Gasteiger partial charge in [-0.15, -0.1) is 9.35 Å². The predicted octanol–water partition coefficient (Wildman–Crippen LogP) is 0.0528. The minimum absolute atomic E-state index is 0.0300. The van der Waals surface area contributed by atoms with Crippen LogP contribution in [-0.2, 0) is 24.0 Å². The van der Waals surface area contributed by atoms with Gasteiger partial charge >= 0.3 is 0 Å². The van der Waals surface area contributed by atoms with E-state index in [0.717, 1.165) is 12.7 Å². The molecule has 0 aromatic heterocycles. The van der Waals surface area contributed by atoms with Gasteiger partial charge in [0.2, 0.25) is 0 Å². The van der Waals surface area contributed by atoms with Crippen LogP contribution >= 0.6 is 0 Å². The maximum absolute atomic E-state index is 11.5. The summed E-state index contributed by atoms with van der Waals surface area (Å²) >= 11 is 0. The molecule has 1 heterocycles. The van der Waals surface area contributed by atoms with Gasteiger partial charge in [-0.1, -0.05) is 13.3 Å². The maximum atomic E-state index is 11.5. The van der Waals surface area contributed by atoms with Crippen molar-refractivity contribution in [3.8, 4) is 0 Å². The van der Waals surface area contributed by atoms with Crippen LogP contribution in [0.3, 0.4) is 0 Å². The number of hydrogen-bond acceptors (Lipinski definition) is 5. The van der Waals surface area contributed by atoms with Crippen LogP contribution in [0.1, 0.15) is 26.2 Å². The summed E-state index contributed by atoms with van der Waals surface area (Å²) in [5, 5.41) is 0.357. The van der Waals surface area contributed by atoms with Crippen molar-refractivity contribution < 1.29 is 22.3 Å². The number of rotatable bonds is 4. The highest BCUT2D eigenvalue weighted by molar-refractivity contribution is 7.85. The van der Waals surface area contributed by atoms with Crippen molar-refractivity contribution in [2.24, 2.45) is 5.92 Å². The summed E-state index contributed by atoms with van der Waals surface area (Å²) in [4.78, 5) is 22.8. The Hall–Kier alpha value is -0.950. The van der Waals surface area contributed by atoms with E-state index in [2.05, 4.69) is 4.28 Å². The lowest BCUT2D eigenvalue weighted by Gasteiger charge is -2.11. The molecule has 0 N–H and O–H groups in total. The van der Waals surface area contributed by atoms with Gasteiger partial charge in [-0.05, 0) is 6.42 Å². The topological polar surface area (TPSA) is 80.8 Å². The Morgan fingerprint density at radius 2 is 2.07 bits per heavy atom. The van der Waals surface area contributed by atoms with Gasteiger partial charge in [0, 0.05) is 12.3 Å². The van der Waals surface area contributed by atoms with Crippen molar-refractivity contribution in [1.29, 1.82) is 0 Å². The molecule has 0 bridgehead atoms. The first-order chi connectivity index (χ1) is 6.85. The van der Waals surface area contributed by atoms with Crippen LogP contribution < -0.4 is 0 Å². The number of hydroxylamine groups is 2. The average molecular weight is 235 g/mol. The Balaban J connectivity index is 2.75. The monoisotopic (exact) mass is 235 g/mol. The number of amides is 2. The van der Waals surface area contributed by atoms with E-state index in [0.29, 0.717) is 11.5 Å². The van der Waals surface area contributed by atoms with Crippen LogP contribution in [0, 0.1) is 5.92 Å². The van der Waals surface area contributed by atoms with Crippen LogP contribution in [0.2, 0.25) is 0 Å². The van der Waals surface area contributed by atoms with Gasteiger partial charge in [0.25, 0.3) is 21.9 Å². The van der Waals surface area contributed by atoms with E-state index in [-0.39, 0.29) is 6.42 Å². The third-order valence-corrected chi connectivity index (χ3v) is 2.46. The quantitative estimate of drug-likeness (QED) is 0.643. The van der Waals surface area contributed by atoms with E-state index in [1.165, 1.54) is 0 Å². The summed E-state index contributed by atoms with van der Waals surface area (Å²) in [7, 11) is -3.83. The molecule has 0 saturated carbocycles. The normalized spacial score (nSPS) is 22.5. The van der Waals surface area contributed by atoms with Gasteiger partial charge in [-0.3, -0.25) is 9.59 Å². The molecule has 7 heteroatoms. The first-order valence-corrected chi connectivity index (χ1v) is 6.43. The Bertz CT molecular complexity index is 374. The number of imide groups is 1. The number of hydrogen-bond donors (Lipinski definition) is 0. The molecule has 1 aliphatic rings. The van der Waals surface area contributed by atoms with E-state index in [9.17, 15) is 18.0 Å². The average Bonchev–Trinajstić information content (AvgIpc) is 2.32. The van der Waals surface area contributed by atoms with Crippen molar-refractivity contribution in [2.45, 2.75) is 26.2 Å². The van der Waals surface area contributed by atoms with Crippen molar-refractivity contribution in [2.75, 3.05) is 6.26 Å². The van der Waals surface area contributed by atoms with Crippen molar-refractivity contribution in [3.63, 3.8) is 0 Å². The lowest BCUT2D eigenvalue weighted by molar-refractivity contribution is -0.164. The molecule has 0 aromatic rings. The maximum Gasteiger partial charge on any atom is 0.285 e. The molecule has 1 saturated heterocycles. The fraction of sp³-hybridized carbons (Fsp3) is 0.750. The molecule has 1 aliphatic heterocycles. The minimum atomic E-state index is -3.83. The number of nitrogens with zero attached hydrogens (tertiary/aromatic N) is 1. The molecule has 0 radical (unpaired) electrons. The van der Waals surface area contributed by atoms with Crippen molar-refractivity contribution in [1.82, 2.24) is 5.06 Å². The molecule has 86 valence electrons. The highest BCUT2D eigenvalue weighted by Gasteiger charge is 2.40. The molecule has 0 spiro atoms. The summed E-state index contributed by atoms with van der Waals surface area (Å²) in [5.41, 5.74) is 0. The first kappa shape index (κ1) is 12.1. The molecule has 15 heavy (non-hydrogen) atoms. The molecule has 1 unspecified atom stereocenters. The smallest absolute Gasteiger partial charge is 0.272 e. The second-order valence-electron chi connectivity index (χ2n) is 3.49. The lowest BCUT2D eigenvalue weighted by Crippen LogP contribution is -2.33. The molecule has 1 atom stereocenters. The van der Waals surface area contributed by atoms with Gasteiger partial charge in [0.15, 0.2) is 0 Å². The number of carbonyl (C=O) groups is 2. The van der Waals surface area contributed by atoms with Crippen LogP contribution in [0.4, 0.5) is 0 Å². The zero-order valence-corrected chi connectivity index (χ0v) is 9.41. The van der Waals surface area contributed by atoms with E-state index in [1.807, 2.05) is 6.92 Å². The standard InChI is InChI=1S/C8H13NO5S/c1-3-4-6-5-7(10)9(8(6)11)14-15(2,12)13/h6H,3-5H2,1-2H3. The highest BCUT2D eigenvalue weighted by atomic mass is 32.2. The second kappa shape index (κ2) is 4.28. The Labute approximate surface area is 88.3 Å². The molecular formula is C8H13NO5S. The van der Waals surface area contributed by atoms with E-state index in [4.69, 9.17) is 0 Å². The van der Waals surface area contributed by atoms with Gasteiger partial charge < -0.3 is 0 Å². The number of carbonyl (C=O) groups excluding carboxylic acids is 2. The summed E-state index contributed by atoms with van der Waals surface area (Å²) in [5.74, 6) is -1.60. The van der Waals surface area contributed by atoms with E-state index in [1.54, 1.807) is 0 Å². The molecule has 1 rings (SSSR count). The summed E-state index contributed by atoms with van der Waals surface area (Å²) in [6.45, 7) is 1.89. The molecular weight excluding hydrogens is 222 g/mol. The third-order valence-electron chi connectivity index (χ3n) is 2.04. The van der Waals surface area contributed by atoms with E-state index >= 15 is 0 Å². The van der Waals surface area contributed by atoms with Crippen molar-refractivity contribution in [3.05, 3.63) is 0 Å². The largest absolute Gasteiger partial charge is 0.285 e. The van der Waals surface area contributed by atoms with Gasteiger partial charge in [-0.25, -0.2) is 0 Å². The minimum Gasteiger partial charge on any atom is -0.272 e. The Morgan fingerprint density at radius 1 is 1.47 bits per heavy atom. The molecule has 2 amide bonds. The summed E-state index contributed by atoms with van der Waals surface area (Å²) in [6, 6.07) is 0. The fourth-order valence-electron chi connectivity index (χ4n) is 1.46. The Morgan fingerprint density at radius 3 is 2.53 bits per heavy atom.